The Hall–Kier alpha value is -3.40. The molecule has 2 aromatic heterocycles. The van der Waals surface area contributed by atoms with Gasteiger partial charge in [-0.15, -0.1) is 0 Å². The molecule has 1 saturated carbocycles. The number of nitrogens with zero attached hydrogens (tertiary/aromatic N) is 3. The van der Waals surface area contributed by atoms with Gasteiger partial charge < -0.3 is 15.0 Å². The minimum atomic E-state index is -0.0868. The fourth-order valence-corrected chi connectivity index (χ4v) is 3.43. The van der Waals surface area contributed by atoms with Crippen molar-refractivity contribution in [2.45, 2.75) is 37.8 Å². The molecule has 0 radical (unpaired) electrons. The summed E-state index contributed by atoms with van der Waals surface area (Å²) in [4.78, 5) is 23.7. The lowest BCUT2D eigenvalue weighted by Gasteiger charge is -2.29. The third kappa shape index (κ3) is 3.75. The van der Waals surface area contributed by atoms with Crippen molar-refractivity contribution in [2.24, 2.45) is 0 Å². The number of amides is 1. The molecule has 0 saturated heterocycles. The van der Waals surface area contributed by atoms with Gasteiger partial charge in [0.1, 0.15) is 17.9 Å². The average Bonchev–Trinajstić information content (AvgIpc) is 3.14. The summed E-state index contributed by atoms with van der Waals surface area (Å²) in [5.41, 5.74) is 1.73. The summed E-state index contributed by atoms with van der Waals surface area (Å²) in [5.74, 6) is 0.196. The van der Waals surface area contributed by atoms with Crippen LogP contribution in [0.25, 0.3) is 10.9 Å². The molecule has 0 bridgehead atoms. The van der Waals surface area contributed by atoms with E-state index in [-0.39, 0.29) is 29.6 Å². The predicted octanol–water partition coefficient (Wildman–Crippen LogP) is 2.95. The molecule has 3 aromatic rings. The fraction of sp³-hybridized carbons (Fsp3) is 0.300. The highest BCUT2D eigenvalue weighted by molar-refractivity contribution is 5.98. The van der Waals surface area contributed by atoms with Crippen LogP contribution in [-0.2, 0) is 0 Å². The van der Waals surface area contributed by atoms with Gasteiger partial charge in [0.25, 0.3) is 11.8 Å². The fourth-order valence-electron chi connectivity index (χ4n) is 3.43. The summed E-state index contributed by atoms with van der Waals surface area (Å²) in [6, 6.07) is 11.8. The molecule has 2 heterocycles. The maximum atomic E-state index is 12.5. The summed E-state index contributed by atoms with van der Waals surface area (Å²) >= 11 is 0. The maximum Gasteiger partial charge on any atom is 0.267 e. The molecule has 27 heavy (non-hydrogen) atoms. The van der Waals surface area contributed by atoms with E-state index in [1.54, 1.807) is 0 Å². The zero-order valence-corrected chi connectivity index (χ0v) is 14.7. The lowest BCUT2D eigenvalue weighted by molar-refractivity contribution is 0.0885. The standard InChI is InChI=1S/C20H19N5O2/c21-12-18-20(23-10-9-22-18)27-15-7-5-14(6-8-15)24-19(26)17-11-13-3-1-2-4-16(13)25-17/h1-4,9-11,14-15,25H,5-8H2,(H,24,26). The number of rotatable bonds is 4. The number of H-pyrrole nitrogens is 1. The molecule has 0 atom stereocenters. The normalized spacial score (nSPS) is 19.4. The first-order valence-corrected chi connectivity index (χ1v) is 8.99. The number of nitriles is 1. The molecule has 7 nitrogen and oxygen atoms in total. The van der Waals surface area contributed by atoms with Crippen LogP contribution in [0.15, 0.2) is 42.7 Å². The molecule has 0 aliphatic heterocycles. The van der Waals surface area contributed by atoms with E-state index in [0.717, 1.165) is 36.6 Å². The first-order valence-electron chi connectivity index (χ1n) is 8.99. The topological polar surface area (TPSA) is 104 Å². The summed E-state index contributed by atoms with van der Waals surface area (Å²) in [5, 5.41) is 13.2. The number of benzene rings is 1. The second-order valence-corrected chi connectivity index (χ2v) is 6.66. The van der Waals surface area contributed by atoms with E-state index in [9.17, 15) is 4.79 Å². The minimum absolute atomic E-state index is 0.0185. The van der Waals surface area contributed by atoms with Crippen LogP contribution in [0.1, 0.15) is 41.9 Å². The Kier molecular flexibility index (Phi) is 4.71. The number of fused-ring (bicyclic) bond motifs is 1. The lowest BCUT2D eigenvalue weighted by atomic mass is 9.93. The van der Waals surface area contributed by atoms with Gasteiger partial charge in [-0.05, 0) is 37.8 Å². The molecule has 1 aliphatic carbocycles. The Balaban J connectivity index is 1.33. The van der Waals surface area contributed by atoms with Crippen LogP contribution in [0.2, 0.25) is 0 Å². The van der Waals surface area contributed by atoms with E-state index in [1.165, 1.54) is 12.4 Å². The Labute approximate surface area is 156 Å². The zero-order valence-electron chi connectivity index (χ0n) is 14.7. The third-order valence-electron chi connectivity index (χ3n) is 4.83. The maximum absolute atomic E-state index is 12.5. The Bertz CT molecular complexity index is 966. The highest BCUT2D eigenvalue weighted by Gasteiger charge is 2.25. The SMILES string of the molecule is N#Cc1nccnc1OC1CCC(NC(=O)c2cc3ccccc3[nH]2)CC1. The number of aromatic nitrogens is 3. The molecule has 136 valence electrons. The number of hydrogen-bond acceptors (Lipinski definition) is 5. The highest BCUT2D eigenvalue weighted by Crippen LogP contribution is 2.24. The first-order chi connectivity index (χ1) is 13.2. The van der Waals surface area contributed by atoms with Gasteiger partial charge in [-0.1, -0.05) is 18.2 Å². The largest absolute Gasteiger partial charge is 0.472 e. The molecule has 0 unspecified atom stereocenters. The zero-order chi connectivity index (χ0) is 18.6. The van der Waals surface area contributed by atoms with Crippen molar-refractivity contribution in [1.82, 2.24) is 20.3 Å². The van der Waals surface area contributed by atoms with Gasteiger partial charge in [0.15, 0.2) is 0 Å². The van der Waals surface area contributed by atoms with Gasteiger partial charge >= 0.3 is 0 Å². The van der Waals surface area contributed by atoms with Crippen LogP contribution in [0, 0.1) is 11.3 Å². The lowest BCUT2D eigenvalue weighted by Crippen LogP contribution is -2.39. The second-order valence-electron chi connectivity index (χ2n) is 6.66. The molecule has 7 heteroatoms. The number of ether oxygens (including phenoxy) is 1. The van der Waals surface area contributed by atoms with E-state index in [0.29, 0.717) is 5.69 Å². The Morgan fingerprint density at radius 3 is 2.74 bits per heavy atom. The quantitative estimate of drug-likeness (QED) is 0.743. The summed E-state index contributed by atoms with van der Waals surface area (Å²) in [6.45, 7) is 0. The van der Waals surface area contributed by atoms with Crippen molar-refractivity contribution in [1.29, 1.82) is 5.26 Å². The second kappa shape index (κ2) is 7.46. The predicted molar refractivity (Wildman–Crippen MR) is 99.2 cm³/mol. The van der Waals surface area contributed by atoms with Crippen LogP contribution in [0.5, 0.6) is 5.88 Å². The highest BCUT2D eigenvalue weighted by atomic mass is 16.5. The smallest absolute Gasteiger partial charge is 0.267 e. The van der Waals surface area contributed by atoms with Crippen molar-refractivity contribution in [2.75, 3.05) is 0 Å². The first kappa shape index (κ1) is 17.0. The van der Waals surface area contributed by atoms with Gasteiger partial charge in [0.2, 0.25) is 5.69 Å². The van der Waals surface area contributed by atoms with Crippen LogP contribution in [-0.4, -0.2) is 33.0 Å². The molecule has 1 fully saturated rings. The van der Waals surface area contributed by atoms with Gasteiger partial charge in [0.05, 0.1) is 0 Å². The molecule has 0 spiro atoms. The van der Waals surface area contributed by atoms with Crippen LogP contribution < -0.4 is 10.1 Å². The summed E-state index contributed by atoms with van der Waals surface area (Å²) in [6.07, 6.45) is 6.19. The molecule has 4 rings (SSSR count). The summed E-state index contributed by atoms with van der Waals surface area (Å²) < 4.78 is 5.84. The number of para-hydroxylation sites is 1. The minimum Gasteiger partial charge on any atom is -0.472 e. The van der Waals surface area contributed by atoms with Crippen LogP contribution in [0.3, 0.4) is 0 Å². The molecular formula is C20H19N5O2. The number of aromatic amines is 1. The van der Waals surface area contributed by atoms with E-state index >= 15 is 0 Å². The number of hydrogen-bond donors (Lipinski definition) is 2. The molecular weight excluding hydrogens is 342 g/mol. The van der Waals surface area contributed by atoms with E-state index in [4.69, 9.17) is 10.00 Å². The monoisotopic (exact) mass is 361 g/mol. The van der Waals surface area contributed by atoms with Crippen molar-refractivity contribution >= 4 is 16.8 Å². The van der Waals surface area contributed by atoms with E-state index < -0.39 is 0 Å². The van der Waals surface area contributed by atoms with Gasteiger partial charge in [-0.25, -0.2) is 9.97 Å². The van der Waals surface area contributed by atoms with Crippen molar-refractivity contribution in [3.63, 3.8) is 0 Å². The molecule has 2 N–H and O–H groups in total. The third-order valence-corrected chi connectivity index (χ3v) is 4.83. The molecule has 1 aliphatic rings. The Morgan fingerprint density at radius 1 is 1.19 bits per heavy atom. The molecule has 1 aromatic carbocycles. The van der Waals surface area contributed by atoms with Crippen LogP contribution in [0.4, 0.5) is 0 Å². The average molecular weight is 361 g/mol. The number of nitrogens with one attached hydrogen (secondary N) is 2. The number of carbonyl (C=O) groups excluding carboxylic acids is 1. The summed E-state index contributed by atoms with van der Waals surface area (Å²) in [7, 11) is 0. The van der Waals surface area contributed by atoms with E-state index in [1.807, 2.05) is 36.4 Å². The van der Waals surface area contributed by atoms with Crippen molar-refractivity contribution < 1.29 is 9.53 Å². The van der Waals surface area contributed by atoms with Crippen LogP contribution >= 0.6 is 0 Å². The van der Waals surface area contributed by atoms with Gasteiger partial charge in [-0.3, -0.25) is 4.79 Å². The number of carbonyl (C=O) groups is 1. The van der Waals surface area contributed by atoms with Crippen molar-refractivity contribution in [3.8, 4) is 11.9 Å². The van der Waals surface area contributed by atoms with Gasteiger partial charge in [-0.2, -0.15) is 5.26 Å². The van der Waals surface area contributed by atoms with Crippen molar-refractivity contribution in [3.05, 3.63) is 54.1 Å². The van der Waals surface area contributed by atoms with E-state index in [2.05, 4.69) is 20.3 Å². The Morgan fingerprint density at radius 2 is 1.96 bits per heavy atom. The molecule has 1 amide bonds. The van der Waals surface area contributed by atoms with Gasteiger partial charge in [0, 0.05) is 29.3 Å².